The average Bonchev–Trinajstić information content (AvgIpc) is 3.51. The zero-order valence-electron chi connectivity index (χ0n) is 56.2. The molecule has 0 saturated carbocycles. The lowest BCUT2D eigenvalue weighted by molar-refractivity contribution is -0.161. The van der Waals surface area contributed by atoms with Gasteiger partial charge in [-0.3, -0.25) is 37.3 Å². The van der Waals surface area contributed by atoms with E-state index in [9.17, 15) is 43.2 Å². The van der Waals surface area contributed by atoms with Crippen LogP contribution in [0, 0.1) is 5.92 Å². The van der Waals surface area contributed by atoms with Gasteiger partial charge in [0.15, 0.2) is 12.2 Å². The Morgan fingerprint density at radius 2 is 0.529 bits per heavy atom. The van der Waals surface area contributed by atoms with Crippen LogP contribution in [0.5, 0.6) is 0 Å². The first-order chi connectivity index (χ1) is 42.0. The summed E-state index contributed by atoms with van der Waals surface area (Å²) in [5.41, 5.74) is 0. The number of carbonyl (C=O) groups excluding carboxylic acids is 4. The first-order valence-corrected chi connectivity index (χ1v) is 38.6. The van der Waals surface area contributed by atoms with Crippen molar-refractivity contribution in [2.24, 2.45) is 5.92 Å². The monoisotopic (exact) mass is 1280 g/mol. The maximum Gasteiger partial charge on any atom is 0.472 e. The third-order valence-corrected chi connectivity index (χ3v) is 17.7. The first kappa shape index (κ1) is 85.1. The molecule has 0 aromatic heterocycles. The van der Waals surface area contributed by atoms with E-state index in [1.807, 2.05) is 0 Å². The Balaban J connectivity index is 5.13. The second kappa shape index (κ2) is 61.6. The molecule has 0 rings (SSSR count). The molecule has 0 saturated heterocycles. The second-order valence-corrected chi connectivity index (χ2v) is 27.9. The molecule has 0 aliphatic rings. The number of phosphoric acid groups is 2. The summed E-state index contributed by atoms with van der Waals surface area (Å²) < 4.78 is 68.0. The molecule has 0 aliphatic carbocycles. The van der Waals surface area contributed by atoms with Gasteiger partial charge in [-0.1, -0.05) is 298 Å². The number of ether oxygens (including phenoxy) is 4. The molecule has 0 aromatic carbocycles. The van der Waals surface area contributed by atoms with Crippen molar-refractivity contribution in [2.75, 3.05) is 39.6 Å². The minimum Gasteiger partial charge on any atom is -0.462 e. The minimum atomic E-state index is -4.95. The van der Waals surface area contributed by atoms with Crippen molar-refractivity contribution < 1.29 is 80.2 Å². The van der Waals surface area contributed by atoms with E-state index in [4.69, 9.17) is 37.0 Å². The quantitative estimate of drug-likeness (QED) is 0.0222. The molecular weight excluding hydrogens is 1150 g/mol. The van der Waals surface area contributed by atoms with Crippen molar-refractivity contribution in [3.63, 3.8) is 0 Å². The number of hydrogen-bond donors (Lipinski definition) is 3. The number of rotatable bonds is 68. The molecule has 0 bridgehead atoms. The summed E-state index contributed by atoms with van der Waals surface area (Å²) in [6.07, 6.45) is 47.6. The summed E-state index contributed by atoms with van der Waals surface area (Å²) in [5.74, 6) is -1.39. The molecule has 3 N–H and O–H groups in total. The molecule has 516 valence electrons. The Morgan fingerprint density at radius 1 is 0.310 bits per heavy atom. The molecule has 2 unspecified atom stereocenters. The predicted octanol–water partition coefficient (Wildman–Crippen LogP) is 19.4. The SMILES string of the molecule is CCCCCCCCCCCCCCCCCCCCCCC(=O)O[C@H](COC(=O)CCCCCCCCCCCC(C)C)COP(=O)(O)OC[C@@H](O)COP(=O)(O)OC[C@@H](COC(=O)CCCCCCCCC)OC(=O)CCCCCCCCCC. The maximum atomic E-state index is 13.0. The number of hydrogen-bond acceptors (Lipinski definition) is 15. The Morgan fingerprint density at radius 3 is 0.782 bits per heavy atom. The van der Waals surface area contributed by atoms with E-state index in [0.717, 1.165) is 115 Å². The molecule has 0 heterocycles. The highest BCUT2D eigenvalue weighted by molar-refractivity contribution is 7.47. The molecule has 0 fully saturated rings. The Bertz CT molecular complexity index is 1690. The summed E-state index contributed by atoms with van der Waals surface area (Å²) in [4.78, 5) is 72.2. The van der Waals surface area contributed by atoms with Gasteiger partial charge < -0.3 is 33.8 Å². The number of carbonyl (C=O) groups is 4. The molecule has 0 aromatic rings. The molecule has 0 aliphatic heterocycles. The van der Waals surface area contributed by atoms with E-state index >= 15 is 0 Å². The van der Waals surface area contributed by atoms with Gasteiger partial charge in [0.05, 0.1) is 26.4 Å². The van der Waals surface area contributed by atoms with Crippen molar-refractivity contribution in [2.45, 2.75) is 368 Å². The number of aliphatic hydroxyl groups is 1. The van der Waals surface area contributed by atoms with Crippen LogP contribution in [0.1, 0.15) is 349 Å². The maximum absolute atomic E-state index is 13.0. The Hall–Kier alpha value is -1.94. The molecule has 5 atom stereocenters. The topological polar surface area (TPSA) is 237 Å². The fourth-order valence-corrected chi connectivity index (χ4v) is 11.9. The van der Waals surface area contributed by atoms with Crippen LogP contribution < -0.4 is 0 Å². The van der Waals surface area contributed by atoms with E-state index < -0.39 is 97.5 Å². The van der Waals surface area contributed by atoms with Gasteiger partial charge in [0.1, 0.15) is 19.3 Å². The van der Waals surface area contributed by atoms with E-state index in [2.05, 4.69) is 34.6 Å². The molecular formula is C68H132O17P2. The molecule has 0 radical (unpaired) electrons. The fraction of sp³-hybridized carbons (Fsp3) is 0.941. The van der Waals surface area contributed by atoms with Crippen molar-refractivity contribution in [3.8, 4) is 0 Å². The lowest BCUT2D eigenvalue weighted by atomic mass is 10.0. The third-order valence-electron chi connectivity index (χ3n) is 15.8. The standard InChI is InChI=1S/C68H132O17P2/c1-6-9-12-15-18-20-21-22-23-24-25-26-27-28-29-30-33-39-44-49-54-68(73)85-64(58-79-66(71)52-47-42-38-34-31-32-36-40-45-50-61(4)5)60-83-87(76,77)81-56-62(69)55-80-86(74,75)82-59-63(57-78-65(70)51-46-41-35-17-14-11-8-3)84-67(72)53-48-43-37-19-16-13-10-7-2/h61-64,69H,6-60H2,1-5H3,(H,74,75)(H,76,77)/t62-,63+,64+/m0/s1. The van der Waals surface area contributed by atoms with Crippen LogP contribution in [0.15, 0.2) is 0 Å². The minimum absolute atomic E-state index is 0.105. The van der Waals surface area contributed by atoms with Crippen LogP contribution in [0.3, 0.4) is 0 Å². The van der Waals surface area contributed by atoms with Crippen molar-refractivity contribution >= 4 is 39.5 Å². The van der Waals surface area contributed by atoms with Gasteiger partial charge >= 0.3 is 39.5 Å². The zero-order chi connectivity index (χ0) is 64.2. The first-order valence-electron chi connectivity index (χ1n) is 35.6. The van der Waals surface area contributed by atoms with Gasteiger partial charge in [0.2, 0.25) is 0 Å². The molecule has 0 spiro atoms. The van der Waals surface area contributed by atoms with Gasteiger partial charge in [-0.25, -0.2) is 9.13 Å². The number of esters is 4. The van der Waals surface area contributed by atoms with E-state index in [-0.39, 0.29) is 25.7 Å². The zero-order valence-corrected chi connectivity index (χ0v) is 57.9. The summed E-state index contributed by atoms with van der Waals surface area (Å²) in [6, 6.07) is 0. The Kier molecular flexibility index (Phi) is 60.2. The smallest absolute Gasteiger partial charge is 0.462 e. The van der Waals surface area contributed by atoms with Crippen LogP contribution in [-0.2, 0) is 65.4 Å². The summed E-state index contributed by atoms with van der Waals surface area (Å²) in [6.45, 7) is 7.14. The van der Waals surface area contributed by atoms with E-state index in [1.54, 1.807) is 0 Å². The predicted molar refractivity (Wildman–Crippen MR) is 349 cm³/mol. The van der Waals surface area contributed by atoms with Gasteiger partial charge in [0.25, 0.3) is 0 Å². The fourth-order valence-electron chi connectivity index (χ4n) is 10.3. The normalized spacial score (nSPS) is 14.1. The highest BCUT2D eigenvalue weighted by atomic mass is 31.2. The van der Waals surface area contributed by atoms with Gasteiger partial charge in [-0.05, 0) is 31.6 Å². The van der Waals surface area contributed by atoms with Gasteiger partial charge in [-0.15, -0.1) is 0 Å². The van der Waals surface area contributed by atoms with E-state index in [1.165, 1.54) is 154 Å². The van der Waals surface area contributed by atoms with Crippen molar-refractivity contribution in [1.29, 1.82) is 0 Å². The average molecular weight is 1280 g/mol. The van der Waals surface area contributed by atoms with Gasteiger partial charge in [-0.2, -0.15) is 0 Å². The van der Waals surface area contributed by atoms with Crippen LogP contribution in [0.4, 0.5) is 0 Å². The number of aliphatic hydroxyl groups excluding tert-OH is 1. The molecule has 87 heavy (non-hydrogen) atoms. The molecule has 0 amide bonds. The van der Waals surface area contributed by atoms with Gasteiger partial charge in [0, 0.05) is 25.7 Å². The highest BCUT2D eigenvalue weighted by Crippen LogP contribution is 2.45. The lowest BCUT2D eigenvalue weighted by Gasteiger charge is -2.21. The van der Waals surface area contributed by atoms with E-state index in [0.29, 0.717) is 25.7 Å². The van der Waals surface area contributed by atoms with Crippen LogP contribution in [0.2, 0.25) is 0 Å². The van der Waals surface area contributed by atoms with Crippen LogP contribution >= 0.6 is 15.6 Å². The summed E-state index contributed by atoms with van der Waals surface area (Å²) in [7, 11) is -9.88. The van der Waals surface area contributed by atoms with Crippen molar-refractivity contribution in [3.05, 3.63) is 0 Å². The highest BCUT2D eigenvalue weighted by Gasteiger charge is 2.30. The third kappa shape index (κ3) is 62.6. The molecule has 17 nitrogen and oxygen atoms in total. The Labute approximate surface area is 530 Å². The molecule has 19 heteroatoms. The number of unbranched alkanes of at least 4 members (excludes halogenated alkanes) is 40. The van der Waals surface area contributed by atoms with Crippen LogP contribution in [-0.4, -0.2) is 96.7 Å². The summed E-state index contributed by atoms with van der Waals surface area (Å²) >= 11 is 0. The van der Waals surface area contributed by atoms with Crippen LogP contribution in [0.25, 0.3) is 0 Å². The van der Waals surface area contributed by atoms with Crippen molar-refractivity contribution in [1.82, 2.24) is 0 Å². The largest absolute Gasteiger partial charge is 0.472 e. The number of phosphoric ester groups is 2. The second-order valence-electron chi connectivity index (χ2n) is 25.0. The summed E-state index contributed by atoms with van der Waals surface area (Å²) in [5, 5.41) is 10.5. The lowest BCUT2D eigenvalue weighted by Crippen LogP contribution is -2.30.